The number of thiazole rings is 1. The van der Waals surface area contributed by atoms with E-state index in [1.807, 2.05) is 39.2 Å². The molecule has 0 bridgehead atoms. The van der Waals surface area contributed by atoms with Gasteiger partial charge < -0.3 is 4.90 Å². The predicted octanol–water partition coefficient (Wildman–Crippen LogP) is 4.93. The highest BCUT2D eigenvalue weighted by Crippen LogP contribution is 2.31. The van der Waals surface area contributed by atoms with E-state index in [2.05, 4.69) is 4.90 Å². The molecule has 0 fully saturated rings. The average molecular weight is 461 g/mol. The summed E-state index contributed by atoms with van der Waals surface area (Å²) in [6, 6.07) is 12.1. The Kier molecular flexibility index (Phi) is 8.67. The number of benzene rings is 2. The van der Waals surface area contributed by atoms with Crippen molar-refractivity contribution in [3.05, 3.63) is 69.8 Å². The number of rotatable bonds is 8. The molecule has 0 spiro atoms. The lowest BCUT2D eigenvalue weighted by Gasteiger charge is -2.19. The molecule has 0 saturated carbocycles. The lowest BCUT2D eigenvalue weighted by molar-refractivity contribution is -0.384. The van der Waals surface area contributed by atoms with Crippen LogP contribution in [0.2, 0.25) is 0 Å². The van der Waals surface area contributed by atoms with Crippen molar-refractivity contribution in [1.29, 1.82) is 0 Å². The summed E-state index contributed by atoms with van der Waals surface area (Å²) in [5.41, 5.74) is 2.75. The maximum absolute atomic E-state index is 13.0. The van der Waals surface area contributed by atoms with Crippen LogP contribution in [0, 0.1) is 17.0 Å². The molecule has 0 aliphatic carbocycles. The van der Waals surface area contributed by atoms with Gasteiger partial charge >= 0.3 is 0 Å². The standard InChI is InChI=1S/C22H24N4O3S.ClH/c1-16-6-4-7-19-21(16)23-22(30-19)25(15-5-14-24(2)3)20(27)13-10-17-8-11-18(12-9-17)26(28)29;/h4,6-13H,5,14-15H2,1-3H3;1H. The molecule has 3 rings (SSSR count). The van der Waals surface area contributed by atoms with Crippen LogP contribution in [0.4, 0.5) is 10.8 Å². The second kappa shape index (κ2) is 11.0. The number of aryl methyl sites for hydroxylation is 1. The van der Waals surface area contributed by atoms with Crippen LogP contribution in [-0.4, -0.2) is 47.9 Å². The van der Waals surface area contributed by atoms with Gasteiger partial charge in [-0.3, -0.25) is 19.8 Å². The van der Waals surface area contributed by atoms with E-state index >= 15 is 0 Å². The molecule has 0 radical (unpaired) electrons. The van der Waals surface area contributed by atoms with Gasteiger partial charge in [-0.05, 0) is 69.4 Å². The van der Waals surface area contributed by atoms with E-state index in [9.17, 15) is 14.9 Å². The van der Waals surface area contributed by atoms with Crippen LogP contribution in [0.3, 0.4) is 0 Å². The van der Waals surface area contributed by atoms with Crippen LogP contribution in [0.15, 0.2) is 48.5 Å². The number of para-hydroxylation sites is 1. The molecular formula is C22H25ClN4O3S. The fourth-order valence-electron chi connectivity index (χ4n) is 3.00. The van der Waals surface area contributed by atoms with Crippen molar-refractivity contribution in [3.63, 3.8) is 0 Å². The van der Waals surface area contributed by atoms with Crippen molar-refractivity contribution in [1.82, 2.24) is 9.88 Å². The third-order valence-corrected chi connectivity index (χ3v) is 5.66. The van der Waals surface area contributed by atoms with Crippen molar-refractivity contribution in [2.24, 2.45) is 0 Å². The highest BCUT2D eigenvalue weighted by molar-refractivity contribution is 7.22. The van der Waals surface area contributed by atoms with Gasteiger partial charge in [-0.25, -0.2) is 4.98 Å². The lowest BCUT2D eigenvalue weighted by Crippen LogP contribution is -2.32. The largest absolute Gasteiger partial charge is 0.309 e. The quantitative estimate of drug-likeness (QED) is 0.270. The van der Waals surface area contributed by atoms with Crippen molar-refractivity contribution >= 4 is 56.8 Å². The number of amides is 1. The maximum atomic E-state index is 13.0. The molecule has 0 saturated heterocycles. The van der Waals surface area contributed by atoms with E-state index < -0.39 is 4.92 Å². The van der Waals surface area contributed by atoms with E-state index in [1.54, 1.807) is 23.1 Å². The van der Waals surface area contributed by atoms with E-state index in [0.717, 1.165) is 34.3 Å². The number of non-ortho nitro benzene ring substituents is 1. The summed E-state index contributed by atoms with van der Waals surface area (Å²) in [5.74, 6) is -0.163. The Bertz CT molecular complexity index is 1080. The van der Waals surface area contributed by atoms with Gasteiger partial charge in [-0.2, -0.15) is 0 Å². The first-order valence-corrected chi connectivity index (χ1v) is 10.4. The molecule has 31 heavy (non-hydrogen) atoms. The fourth-order valence-corrected chi connectivity index (χ4v) is 4.07. The molecule has 0 aliphatic rings. The first kappa shape index (κ1) is 24.5. The van der Waals surface area contributed by atoms with Gasteiger partial charge in [0.2, 0.25) is 0 Å². The summed E-state index contributed by atoms with van der Waals surface area (Å²) < 4.78 is 1.05. The van der Waals surface area contributed by atoms with Gasteiger partial charge in [-0.15, -0.1) is 12.4 Å². The predicted molar refractivity (Wildman–Crippen MR) is 129 cm³/mol. The number of nitro benzene ring substituents is 1. The Morgan fingerprint density at radius 1 is 1.16 bits per heavy atom. The molecule has 1 amide bonds. The number of aromatic nitrogens is 1. The SMILES string of the molecule is Cc1cccc2sc(N(CCCN(C)C)C(=O)C=Cc3ccc([N+](=O)[O-])cc3)nc12.Cl. The summed E-state index contributed by atoms with van der Waals surface area (Å²) in [5, 5.41) is 11.5. The topological polar surface area (TPSA) is 79.6 Å². The Labute approximate surface area is 191 Å². The van der Waals surface area contributed by atoms with E-state index in [4.69, 9.17) is 4.98 Å². The Balaban J connectivity index is 0.00000341. The minimum absolute atomic E-state index is 0. The van der Waals surface area contributed by atoms with Crippen LogP contribution < -0.4 is 4.90 Å². The monoisotopic (exact) mass is 460 g/mol. The molecule has 0 atom stereocenters. The van der Waals surface area contributed by atoms with Crippen molar-refractivity contribution < 1.29 is 9.72 Å². The molecule has 9 heteroatoms. The Morgan fingerprint density at radius 3 is 2.48 bits per heavy atom. The van der Waals surface area contributed by atoms with Crippen LogP contribution in [0.5, 0.6) is 0 Å². The number of nitrogens with zero attached hydrogens (tertiary/aromatic N) is 4. The zero-order chi connectivity index (χ0) is 21.7. The molecule has 2 aromatic carbocycles. The molecular weight excluding hydrogens is 436 g/mol. The summed E-state index contributed by atoms with van der Waals surface area (Å²) in [6.45, 7) is 3.43. The number of carbonyl (C=O) groups excluding carboxylic acids is 1. The molecule has 0 aliphatic heterocycles. The number of anilines is 1. The van der Waals surface area contributed by atoms with E-state index in [-0.39, 0.29) is 24.0 Å². The Hall–Kier alpha value is -2.81. The smallest absolute Gasteiger partial charge is 0.269 e. The average Bonchev–Trinajstić information content (AvgIpc) is 3.15. The van der Waals surface area contributed by atoms with Crippen molar-refractivity contribution in [2.45, 2.75) is 13.3 Å². The van der Waals surface area contributed by atoms with Gasteiger partial charge in [0.15, 0.2) is 5.13 Å². The van der Waals surface area contributed by atoms with Gasteiger partial charge in [0.05, 0.1) is 15.1 Å². The molecule has 164 valence electrons. The van der Waals surface area contributed by atoms with Crippen LogP contribution in [0.1, 0.15) is 17.5 Å². The summed E-state index contributed by atoms with van der Waals surface area (Å²) in [7, 11) is 4.00. The second-order valence-corrected chi connectivity index (χ2v) is 8.26. The molecule has 1 heterocycles. The van der Waals surface area contributed by atoms with Crippen molar-refractivity contribution in [2.75, 3.05) is 32.1 Å². The van der Waals surface area contributed by atoms with E-state index in [0.29, 0.717) is 11.7 Å². The van der Waals surface area contributed by atoms with E-state index in [1.165, 1.54) is 29.5 Å². The number of carbonyl (C=O) groups is 1. The zero-order valence-corrected chi connectivity index (χ0v) is 19.3. The number of nitro groups is 1. The second-order valence-electron chi connectivity index (χ2n) is 7.25. The molecule has 0 N–H and O–H groups in total. The van der Waals surface area contributed by atoms with Crippen LogP contribution in [-0.2, 0) is 4.79 Å². The highest BCUT2D eigenvalue weighted by Gasteiger charge is 2.18. The normalized spacial score (nSPS) is 11.1. The van der Waals surface area contributed by atoms with Gasteiger partial charge in [-0.1, -0.05) is 23.5 Å². The Morgan fingerprint density at radius 2 is 1.87 bits per heavy atom. The van der Waals surface area contributed by atoms with Gasteiger partial charge in [0.1, 0.15) is 0 Å². The molecule has 3 aromatic rings. The van der Waals surface area contributed by atoms with Gasteiger partial charge in [0.25, 0.3) is 11.6 Å². The van der Waals surface area contributed by atoms with Gasteiger partial charge in [0, 0.05) is 24.8 Å². The summed E-state index contributed by atoms with van der Waals surface area (Å²) in [4.78, 5) is 31.9. The lowest BCUT2D eigenvalue weighted by atomic mass is 10.2. The minimum atomic E-state index is -0.444. The fraction of sp³-hybridized carbons (Fsp3) is 0.273. The van der Waals surface area contributed by atoms with Crippen LogP contribution in [0.25, 0.3) is 16.3 Å². The molecule has 1 aromatic heterocycles. The highest BCUT2D eigenvalue weighted by atomic mass is 35.5. The molecule has 7 nitrogen and oxygen atoms in total. The number of halogens is 1. The third kappa shape index (κ3) is 6.33. The summed E-state index contributed by atoms with van der Waals surface area (Å²) >= 11 is 1.51. The summed E-state index contributed by atoms with van der Waals surface area (Å²) in [6.07, 6.45) is 3.98. The minimum Gasteiger partial charge on any atom is -0.309 e. The maximum Gasteiger partial charge on any atom is 0.269 e. The van der Waals surface area contributed by atoms with Crippen LogP contribution >= 0.6 is 23.7 Å². The number of fused-ring (bicyclic) bond motifs is 1. The third-order valence-electron chi connectivity index (χ3n) is 4.62. The zero-order valence-electron chi connectivity index (χ0n) is 17.6. The number of hydrogen-bond donors (Lipinski definition) is 0. The first-order valence-electron chi connectivity index (χ1n) is 9.60. The molecule has 0 unspecified atom stereocenters. The number of hydrogen-bond acceptors (Lipinski definition) is 6. The first-order chi connectivity index (χ1) is 14.3. The van der Waals surface area contributed by atoms with Crippen molar-refractivity contribution in [3.8, 4) is 0 Å².